The summed E-state index contributed by atoms with van der Waals surface area (Å²) >= 11 is 1.27. The molecule has 162 valence electrons. The molecule has 3 fully saturated rings. The Hall–Kier alpha value is -1.65. The van der Waals surface area contributed by atoms with Crippen LogP contribution in [0.25, 0.3) is 0 Å². The van der Waals surface area contributed by atoms with E-state index in [0.717, 1.165) is 38.3 Å². The molecular weight excluding hydrogens is 422 g/mol. The minimum Gasteiger partial charge on any atom is -0.508 e. The van der Waals surface area contributed by atoms with Crippen molar-refractivity contribution >= 4 is 27.0 Å². The maximum Gasteiger partial charge on any atom is 0.252 e. The van der Waals surface area contributed by atoms with Crippen molar-refractivity contribution in [2.75, 3.05) is 50.8 Å². The molecule has 0 radical (unpaired) electrons. The van der Waals surface area contributed by atoms with Crippen LogP contribution in [0, 0.1) is 5.92 Å². The number of aromatic hydroxyl groups is 1. The molecule has 0 spiro atoms. The van der Waals surface area contributed by atoms with Crippen molar-refractivity contribution in [2.24, 2.45) is 5.92 Å². The third kappa shape index (κ3) is 3.85. The van der Waals surface area contributed by atoms with Crippen molar-refractivity contribution in [2.45, 2.75) is 22.8 Å². The van der Waals surface area contributed by atoms with Crippen LogP contribution >= 0.6 is 11.3 Å². The number of phenolic OH excluding ortho intramolecular Hbond substituents is 1. The monoisotopic (exact) mass is 449 g/mol. The molecule has 3 aliphatic heterocycles. The van der Waals surface area contributed by atoms with Crippen molar-refractivity contribution in [3.63, 3.8) is 0 Å². The minimum atomic E-state index is -3.47. The van der Waals surface area contributed by atoms with Gasteiger partial charge in [0.05, 0.1) is 12.1 Å². The Balaban J connectivity index is 1.37. The van der Waals surface area contributed by atoms with Crippen LogP contribution in [0.4, 0.5) is 5.69 Å². The van der Waals surface area contributed by atoms with E-state index in [1.165, 1.54) is 11.3 Å². The van der Waals surface area contributed by atoms with Gasteiger partial charge in [0.2, 0.25) is 0 Å². The standard InChI is InChI=1S/C21H27N3O4S2/c25-19-5-3-17(4-6-19)24-9-8-23(30(26,27)21-2-1-11-29-21)14-18(24)13-22-12-16-7-10-28-20(16)15-22/h1-6,11,16,18,20,25H,7-10,12-15H2/t16-,18-,20+/m0/s1. The molecule has 3 aliphatic rings. The lowest BCUT2D eigenvalue weighted by atomic mass is 10.1. The van der Waals surface area contributed by atoms with E-state index in [4.69, 9.17) is 4.74 Å². The molecule has 7 nitrogen and oxygen atoms in total. The first-order valence-electron chi connectivity index (χ1n) is 10.4. The largest absolute Gasteiger partial charge is 0.508 e. The highest BCUT2D eigenvalue weighted by Crippen LogP contribution is 2.31. The van der Waals surface area contributed by atoms with E-state index in [2.05, 4.69) is 9.80 Å². The van der Waals surface area contributed by atoms with Crippen LogP contribution in [0.1, 0.15) is 6.42 Å². The Bertz CT molecular complexity index is 953. The quantitative estimate of drug-likeness (QED) is 0.753. The number of ether oxygens (including phenoxy) is 1. The van der Waals surface area contributed by atoms with Crippen LogP contribution in [0.3, 0.4) is 0 Å². The second kappa shape index (κ2) is 8.12. The summed E-state index contributed by atoms with van der Waals surface area (Å²) in [6.45, 7) is 5.12. The number of likely N-dealkylation sites (tertiary alicyclic amines) is 1. The zero-order chi connectivity index (χ0) is 20.7. The molecule has 4 heterocycles. The Labute approximate surface area is 181 Å². The number of sulfonamides is 1. The predicted molar refractivity (Wildman–Crippen MR) is 117 cm³/mol. The highest BCUT2D eigenvalue weighted by Gasteiger charge is 2.40. The van der Waals surface area contributed by atoms with E-state index < -0.39 is 10.0 Å². The van der Waals surface area contributed by atoms with Crippen molar-refractivity contribution in [1.29, 1.82) is 0 Å². The number of piperazine rings is 1. The van der Waals surface area contributed by atoms with Crippen LogP contribution in [-0.4, -0.2) is 80.8 Å². The van der Waals surface area contributed by atoms with Gasteiger partial charge in [-0.2, -0.15) is 4.31 Å². The molecule has 30 heavy (non-hydrogen) atoms. The number of benzene rings is 1. The van der Waals surface area contributed by atoms with Crippen molar-refractivity contribution in [3.8, 4) is 5.75 Å². The molecule has 1 aromatic carbocycles. The van der Waals surface area contributed by atoms with Crippen LogP contribution in [-0.2, 0) is 14.8 Å². The number of anilines is 1. The fourth-order valence-electron chi connectivity index (χ4n) is 4.93. The third-order valence-electron chi connectivity index (χ3n) is 6.46. The Morgan fingerprint density at radius 1 is 1.10 bits per heavy atom. The number of phenols is 1. The predicted octanol–water partition coefficient (Wildman–Crippen LogP) is 2.05. The normalized spacial score (nSPS) is 28.1. The lowest BCUT2D eigenvalue weighted by Gasteiger charge is -2.43. The molecular formula is C21H27N3O4S2. The summed E-state index contributed by atoms with van der Waals surface area (Å²) in [4.78, 5) is 4.71. The van der Waals surface area contributed by atoms with Crippen LogP contribution in [0.2, 0.25) is 0 Å². The second-order valence-corrected chi connectivity index (χ2v) is 11.4. The average Bonchev–Trinajstić information content (AvgIpc) is 3.47. The lowest BCUT2D eigenvalue weighted by Crippen LogP contribution is -2.58. The third-order valence-corrected chi connectivity index (χ3v) is 9.70. The summed E-state index contributed by atoms with van der Waals surface area (Å²) in [5.41, 5.74) is 1.02. The molecule has 0 saturated carbocycles. The van der Waals surface area contributed by atoms with Gasteiger partial charge in [-0.1, -0.05) is 6.07 Å². The zero-order valence-corrected chi connectivity index (χ0v) is 18.4. The second-order valence-electron chi connectivity index (χ2n) is 8.34. The summed E-state index contributed by atoms with van der Waals surface area (Å²) in [5.74, 6) is 0.834. The van der Waals surface area contributed by atoms with Gasteiger partial charge in [0.1, 0.15) is 9.96 Å². The number of fused-ring (bicyclic) bond motifs is 1. The first kappa shape index (κ1) is 20.3. The molecule has 0 bridgehead atoms. The summed E-state index contributed by atoms with van der Waals surface area (Å²) < 4.78 is 34.2. The summed E-state index contributed by atoms with van der Waals surface area (Å²) in [6.07, 6.45) is 1.44. The van der Waals surface area contributed by atoms with E-state index in [1.807, 2.05) is 12.1 Å². The Kier molecular flexibility index (Phi) is 5.49. The smallest absolute Gasteiger partial charge is 0.252 e. The maximum atomic E-state index is 13.1. The average molecular weight is 450 g/mol. The van der Waals surface area contributed by atoms with Crippen LogP contribution in [0.15, 0.2) is 46.0 Å². The van der Waals surface area contributed by atoms with E-state index >= 15 is 0 Å². The Morgan fingerprint density at radius 3 is 2.67 bits per heavy atom. The number of hydrogen-bond donors (Lipinski definition) is 1. The van der Waals surface area contributed by atoms with Gasteiger partial charge in [0, 0.05) is 57.5 Å². The fourth-order valence-corrected chi connectivity index (χ4v) is 7.55. The molecule has 0 amide bonds. The van der Waals surface area contributed by atoms with Crippen molar-refractivity contribution in [1.82, 2.24) is 9.21 Å². The zero-order valence-electron chi connectivity index (χ0n) is 16.8. The molecule has 3 saturated heterocycles. The van der Waals surface area contributed by atoms with E-state index in [-0.39, 0.29) is 11.8 Å². The van der Waals surface area contributed by atoms with Gasteiger partial charge in [-0.15, -0.1) is 11.3 Å². The fraction of sp³-hybridized carbons (Fsp3) is 0.524. The van der Waals surface area contributed by atoms with E-state index in [0.29, 0.717) is 35.9 Å². The van der Waals surface area contributed by atoms with Gasteiger partial charge in [-0.25, -0.2) is 8.42 Å². The lowest BCUT2D eigenvalue weighted by molar-refractivity contribution is 0.0975. The van der Waals surface area contributed by atoms with Gasteiger partial charge in [0.15, 0.2) is 0 Å². The number of nitrogens with zero attached hydrogens (tertiary/aromatic N) is 3. The Morgan fingerprint density at radius 2 is 1.93 bits per heavy atom. The van der Waals surface area contributed by atoms with Crippen LogP contribution < -0.4 is 4.90 Å². The highest BCUT2D eigenvalue weighted by molar-refractivity contribution is 7.91. The first-order valence-corrected chi connectivity index (χ1v) is 12.8. The molecule has 0 aliphatic carbocycles. The van der Waals surface area contributed by atoms with Crippen molar-refractivity contribution in [3.05, 3.63) is 41.8 Å². The number of thiophene rings is 1. The van der Waals surface area contributed by atoms with Crippen molar-refractivity contribution < 1.29 is 18.3 Å². The van der Waals surface area contributed by atoms with Gasteiger partial charge < -0.3 is 14.7 Å². The molecule has 3 atom stereocenters. The van der Waals surface area contributed by atoms with E-state index in [9.17, 15) is 13.5 Å². The topological polar surface area (TPSA) is 73.3 Å². The molecule has 1 N–H and O–H groups in total. The van der Waals surface area contributed by atoms with Gasteiger partial charge >= 0.3 is 0 Å². The molecule has 9 heteroatoms. The summed E-state index contributed by atoms with van der Waals surface area (Å²) in [7, 11) is -3.47. The van der Waals surface area contributed by atoms with Gasteiger partial charge in [-0.05, 0) is 42.1 Å². The number of rotatable bonds is 5. The highest BCUT2D eigenvalue weighted by atomic mass is 32.2. The molecule has 1 aromatic heterocycles. The maximum absolute atomic E-state index is 13.1. The SMILES string of the molecule is O=S(=O)(c1cccs1)N1CCN(c2ccc(O)cc2)[C@@H](CN2C[C@@H]3CCO[C@@H]3C2)C1. The molecule has 0 unspecified atom stereocenters. The molecule has 2 aromatic rings. The molecule has 5 rings (SSSR count). The summed E-state index contributed by atoms with van der Waals surface area (Å²) in [5, 5.41) is 11.5. The summed E-state index contributed by atoms with van der Waals surface area (Å²) in [6, 6.07) is 10.7. The number of hydrogen-bond acceptors (Lipinski definition) is 7. The minimum absolute atomic E-state index is 0.0388. The first-order chi connectivity index (χ1) is 14.5. The van der Waals surface area contributed by atoms with Crippen LogP contribution in [0.5, 0.6) is 5.75 Å². The van der Waals surface area contributed by atoms with Gasteiger partial charge in [-0.3, -0.25) is 4.90 Å². The van der Waals surface area contributed by atoms with Gasteiger partial charge in [0.25, 0.3) is 10.0 Å². The van der Waals surface area contributed by atoms with E-state index in [1.54, 1.807) is 34.0 Å².